The molecular weight excluding hydrogens is 272 g/mol. The van der Waals surface area contributed by atoms with Gasteiger partial charge in [0, 0.05) is 29.7 Å². The van der Waals surface area contributed by atoms with Gasteiger partial charge in [0.25, 0.3) is 5.91 Å². The molecule has 2 bridgehead atoms. The Hall–Kier alpha value is -1.06. The number of hydrogen-bond acceptors (Lipinski definition) is 2. The average Bonchev–Trinajstić information content (AvgIpc) is 2.82. The molecule has 0 aromatic heterocycles. The molecule has 2 heterocycles. The Labute approximate surface area is 125 Å². The maximum Gasteiger partial charge on any atom is 0.251 e. The van der Waals surface area contributed by atoms with E-state index in [0.717, 1.165) is 18.9 Å². The zero-order valence-corrected chi connectivity index (χ0v) is 12.6. The zero-order chi connectivity index (χ0) is 14.1. The van der Waals surface area contributed by atoms with E-state index in [2.05, 4.69) is 17.1 Å². The van der Waals surface area contributed by atoms with Gasteiger partial charge in [-0.15, -0.1) is 0 Å². The maximum absolute atomic E-state index is 12.3. The van der Waals surface area contributed by atoms with Crippen LogP contribution in [0.15, 0.2) is 24.3 Å². The number of amides is 1. The van der Waals surface area contributed by atoms with Crippen LogP contribution in [0.5, 0.6) is 0 Å². The molecule has 2 aliphatic heterocycles. The molecule has 2 saturated heterocycles. The van der Waals surface area contributed by atoms with Crippen molar-refractivity contribution in [1.29, 1.82) is 0 Å². The number of carbonyl (C=O) groups excluding carboxylic acids is 1. The summed E-state index contributed by atoms with van der Waals surface area (Å²) in [5.74, 6) is 1.39. The molecule has 108 valence electrons. The predicted molar refractivity (Wildman–Crippen MR) is 81.0 cm³/mol. The van der Waals surface area contributed by atoms with Crippen molar-refractivity contribution in [2.45, 2.75) is 25.8 Å². The van der Waals surface area contributed by atoms with Crippen LogP contribution in [0.2, 0.25) is 5.02 Å². The van der Waals surface area contributed by atoms with Gasteiger partial charge in [0.2, 0.25) is 0 Å². The van der Waals surface area contributed by atoms with E-state index in [1.807, 2.05) is 0 Å². The van der Waals surface area contributed by atoms with Gasteiger partial charge in [0.1, 0.15) is 0 Å². The van der Waals surface area contributed by atoms with Crippen LogP contribution in [0.25, 0.3) is 0 Å². The molecule has 2 aliphatic rings. The summed E-state index contributed by atoms with van der Waals surface area (Å²) in [6.45, 7) is 5.63. The molecule has 1 aromatic rings. The maximum atomic E-state index is 12.3. The van der Waals surface area contributed by atoms with E-state index >= 15 is 0 Å². The largest absolute Gasteiger partial charge is 0.348 e. The van der Waals surface area contributed by atoms with Crippen LogP contribution < -0.4 is 5.32 Å². The summed E-state index contributed by atoms with van der Waals surface area (Å²) in [4.78, 5) is 14.8. The lowest BCUT2D eigenvalue weighted by Crippen LogP contribution is -2.52. The number of carbonyl (C=O) groups is 1. The molecule has 3 nitrogen and oxygen atoms in total. The van der Waals surface area contributed by atoms with Crippen molar-refractivity contribution in [2.24, 2.45) is 11.8 Å². The number of halogens is 1. The highest BCUT2D eigenvalue weighted by Crippen LogP contribution is 2.34. The van der Waals surface area contributed by atoms with E-state index in [1.54, 1.807) is 24.3 Å². The Balaban J connectivity index is 1.70. The fraction of sp³-hybridized carbons (Fsp3) is 0.562. The van der Waals surface area contributed by atoms with Gasteiger partial charge in [-0.3, -0.25) is 4.79 Å². The van der Waals surface area contributed by atoms with E-state index < -0.39 is 0 Å². The van der Waals surface area contributed by atoms with Crippen LogP contribution in [-0.2, 0) is 0 Å². The third kappa shape index (κ3) is 2.70. The third-order valence-corrected chi connectivity index (χ3v) is 5.03. The Morgan fingerprint density at radius 3 is 2.80 bits per heavy atom. The molecule has 1 N–H and O–H groups in total. The minimum absolute atomic E-state index is 0.0209. The lowest BCUT2D eigenvalue weighted by Gasteiger charge is -2.38. The first-order valence-electron chi connectivity index (χ1n) is 7.46. The zero-order valence-electron chi connectivity index (χ0n) is 11.8. The standard InChI is InChI=1S/C16H21ClN2O/c1-2-14-12-7-8-19(9-12)10-15(14)18-16(20)11-3-5-13(17)6-4-11/h3-6,12,14-15H,2,7-10H2,1H3,(H,18,20). The number of fused-ring (bicyclic) bond motifs is 2. The molecule has 4 atom stereocenters. The summed E-state index contributed by atoms with van der Waals surface area (Å²) in [7, 11) is 0. The van der Waals surface area contributed by atoms with Crippen molar-refractivity contribution >= 4 is 17.5 Å². The van der Waals surface area contributed by atoms with Crippen molar-refractivity contribution in [1.82, 2.24) is 10.2 Å². The molecule has 0 radical (unpaired) electrons. The third-order valence-electron chi connectivity index (χ3n) is 4.78. The van der Waals surface area contributed by atoms with Crippen molar-refractivity contribution in [2.75, 3.05) is 19.6 Å². The molecule has 2 fully saturated rings. The van der Waals surface area contributed by atoms with Crippen LogP contribution in [0.3, 0.4) is 0 Å². The lowest BCUT2D eigenvalue weighted by atomic mass is 9.81. The second-order valence-electron chi connectivity index (χ2n) is 5.97. The van der Waals surface area contributed by atoms with Gasteiger partial charge in [-0.05, 0) is 49.1 Å². The van der Waals surface area contributed by atoms with E-state index in [1.165, 1.54) is 19.5 Å². The van der Waals surface area contributed by atoms with Crippen LogP contribution in [0, 0.1) is 11.8 Å². The normalized spacial score (nSPS) is 32.1. The van der Waals surface area contributed by atoms with Gasteiger partial charge in [-0.1, -0.05) is 24.9 Å². The minimum Gasteiger partial charge on any atom is -0.348 e. The van der Waals surface area contributed by atoms with Crippen molar-refractivity contribution in [3.8, 4) is 0 Å². The fourth-order valence-electron chi connectivity index (χ4n) is 3.74. The van der Waals surface area contributed by atoms with E-state index in [-0.39, 0.29) is 11.9 Å². The van der Waals surface area contributed by atoms with Gasteiger partial charge in [-0.2, -0.15) is 0 Å². The first-order chi connectivity index (χ1) is 9.67. The van der Waals surface area contributed by atoms with Crippen LogP contribution in [0.4, 0.5) is 0 Å². The highest BCUT2D eigenvalue weighted by atomic mass is 35.5. The SMILES string of the molecule is CCC1C2CCN(C2)CC1NC(=O)c1ccc(Cl)cc1. The summed E-state index contributed by atoms with van der Waals surface area (Å²) in [5, 5.41) is 3.89. The number of hydrogen-bond donors (Lipinski definition) is 1. The van der Waals surface area contributed by atoms with Crippen molar-refractivity contribution in [3.05, 3.63) is 34.9 Å². The van der Waals surface area contributed by atoms with E-state index in [4.69, 9.17) is 11.6 Å². The Bertz CT molecular complexity index is 488. The fourth-order valence-corrected chi connectivity index (χ4v) is 3.87. The Morgan fingerprint density at radius 1 is 1.35 bits per heavy atom. The van der Waals surface area contributed by atoms with Crippen molar-refractivity contribution < 1.29 is 4.79 Å². The molecule has 0 saturated carbocycles. The molecule has 1 aromatic carbocycles. The predicted octanol–water partition coefficient (Wildman–Crippen LogP) is 2.80. The number of piperidine rings is 1. The number of nitrogens with one attached hydrogen (secondary N) is 1. The van der Waals surface area contributed by atoms with Gasteiger partial charge in [0.15, 0.2) is 0 Å². The van der Waals surface area contributed by atoms with Crippen LogP contribution in [0.1, 0.15) is 30.1 Å². The number of nitrogens with zero attached hydrogens (tertiary/aromatic N) is 1. The molecule has 0 spiro atoms. The Morgan fingerprint density at radius 2 is 2.10 bits per heavy atom. The molecule has 4 unspecified atom stereocenters. The average molecular weight is 293 g/mol. The molecule has 0 aliphatic carbocycles. The highest BCUT2D eigenvalue weighted by Gasteiger charge is 2.40. The minimum atomic E-state index is 0.0209. The number of benzene rings is 1. The van der Waals surface area contributed by atoms with Gasteiger partial charge in [-0.25, -0.2) is 0 Å². The van der Waals surface area contributed by atoms with Gasteiger partial charge in [0.05, 0.1) is 0 Å². The summed E-state index contributed by atoms with van der Waals surface area (Å²) < 4.78 is 0. The van der Waals surface area contributed by atoms with Gasteiger partial charge >= 0.3 is 0 Å². The quantitative estimate of drug-likeness (QED) is 0.929. The molecule has 20 heavy (non-hydrogen) atoms. The summed E-state index contributed by atoms with van der Waals surface area (Å²) >= 11 is 5.86. The molecular formula is C16H21ClN2O. The second kappa shape index (κ2) is 5.74. The van der Waals surface area contributed by atoms with Gasteiger partial charge < -0.3 is 10.2 Å². The summed E-state index contributed by atoms with van der Waals surface area (Å²) in [5.41, 5.74) is 0.692. The monoisotopic (exact) mass is 292 g/mol. The first kappa shape index (κ1) is 13.9. The topological polar surface area (TPSA) is 32.3 Å². The second-order valence-corrected chi connectivity index (χ2v) is 6.40. The summed E-state index contributed by atoms with van der Waals surface area (Å²) in [6.07, 6.45) is 2.43. The molecule has 4 heteroatoms. The highest BCUT2D eigenvalue weighted by molar-refractivity contribution is 6.30. The smallest absolute Gasteiger partial charge is 0.251 e. The lowest BCUT2D eigenvalue weighted by molar-refractivity contribution is 0.0849. The van der Waals surface area contributed by atoms with Crippen molar-refractivity contribution in [3.63, 3.8) is 0 Å². The van der Waals surface area contributed by atoms with Crippen LogP contribution >= 0.6 is 11.6 Å². The van der Waals surface area contributed by atoms with E-state index in [0.29, 0.717) is 16.5 Å². The Kier molecular flexibility index (Phi) is 3.99. The molecule has 1 amide bonds. The van der Waals surface area contributed by atoms with Crippen LogP contribution in [-0.4, -0.2) is 36.5 Å². The first-order valence-corrected chi connectivity index (χ1v) is 7.84. The number of rotatable bonds is 3. The van der Waals surface area contributed by atoms with E-state index in [9.17, 15) is 4.79 Å². The summed E-state index contributed by atoms with van der Waals surface area (Å²) in [6, 6.07) is 7.39. The molecule has 3 rings (SSSR count).